The Morgan fingerprint density at radius 1 is 1.18 bits per heavy atom. The molecule has 2 heterocycles. The molecule has 1 aliphatic rings. The number of hydrogen-bond acceptors (Lipinski definition) is 8. The SMILES string of the molecule is COC(=O)[C@H]1CSC(c2ccc3cc(Oc4ccc(C(F)(F)F)cc4[N+](=O)[O-])ccc3n2)=N1. The number of nitro benzene ring substituents is 1. The standard InChI is InChI=1S/C21H14F3N3O5S/c1-31-20(28)16-10-33-19(26-16)15-5-2-11-8-13(4-6-14(11)25-15)32-18-7-3-12(21(22,23)24)9-17(18)27(29)30/h2-9,16H,10H2,1H3/t16-/m1/s1. The summed E-state index contributed by atoms with van der Waals surface area (Å²) in [6, 6.07) is 9.61. The van der Waals surface area contributed by atoms with Crippen LogP contribution in [0.15, 0.2) is 53.5 Å². The number of hydrogen-bond donors (Lipinski definition) is 0. The van der Waals surface area contributed by atoms with Crippen molar-refractivity contribution in [3.8, 4) is 11.5 Å². The minimum Gasteiger partial charge on any atom is -0.467 e. The van der Waals surface area contributed by atoms with Crippen molar-refractivity contribution in [1.82, 2.24) is 4.98 Å². The van der Waals surface area contributed by atoms with Gasteiger partial charge in [-0.25, -0.2) is 9.78 Å². The molecule has 2 aromatic carbocycles. The zero-order valence-electron chi connectivity index (χ0n) is 16.8. The molecular formula is C21H14F3N3O5S. The zero-order chi connectivity index (χ0) is 23.8. The van der Waals surface area contributed by atoms with E-state index in [0.29, 0.717) is 33.5 Å². The molecule has 0 unspecified atom stereocenters. The van der Waals surface area contributed by atoms with E-state index >= 15 is 0 Å². The van der Waals surface area contributed by atoms with Crippen LogP contribution in [0.5, 0.6) is 11.5 Å². The molecule has 0 saturated carbocycles. The summed E-state index contributed by atoms with van der Waals surface area (Å²) in [7, 11) is 1.30. The number of nitrogens with zero attached hydrogens (tertiary/aromatic N) is 3. The Morgan fingerprint density at radius 2 is 1.97 bits per heavy atom. The third-order valence-electron chi connectivity index (χ3n) is 4.71. The van der Waals surface area contributed by atoms with Crippen molar-refractivity contribution < 1.29 is 32.4 Å². The molecule has 0 bridgehead atoms. The number of aromatic nitrogens is 1. The Balaban J connectivity index is 1.60. The normalized spacial score (nSPS) is 15.9. The van der Waals surface area contributed by atoms with Crippen LogP contribution in [0.3, 0.4) is 0 Å². The highest BCUT2D eigenvalue weighted by molar-refractivity contribution is 8.14. The van der Waals surface area contributed by atoms with E-state index in [1.165, 1.54) is 24.9 Å². The van der Waals surface area contributed by atoms with Crippen molar-refractivity contribution in [2.45, 2.75) is 12.2 Å². The van der Waals surface area contributed by atoms with E-state index in [1.54, 1.807) is 24.3 Å². The van der Waals surface area contributed by atoms with Gasteiger partial charge in [-0.05, 0) is 36.4 Å². The monoisotopic (exact) mass is 477 g/mol. The van der Waals surface area contributed by atoms with Gasteiger partial charge < -0.3 is 9.47 Å². The number of fused-ring (bicyclic) bond motifs is 1. The zero-order valence-corrected chi connectivity index (χ0v) is 17.6. The molecule has 0 spiro atoms. The number of benzene rings is 2. The lowest BCUT2D eigenvalue weighted by molar-refractivity contribution is -0.385. The minimum atomic E-state index is -4.71. The second kappa shape index (κ2) is 8.70. The summed E-state index contributed by atoms with van der Waals surface area (Å²) in [6.07, 6.45) is -4.71. The maximum atomic E-state index is 12.9. The van der Waals surface area contributed by atoms with Crippen molar-refractivity contribution in [3.05, 3.63) is 69.9 Å². The Hall–Kier alpha value is -3.67. The van der Waals surface area contributed by atoms with E-state index in [9.17, 15) is 28.1 Å². The molecule has 0 saturated heterocycles. The number of alkyl halides is 3. The largest absolute Gasteiger partial charge is 0.467 e. The Labute approximate surface area is 188 Å². The maximum Gasteiger partial charge on any atom is 0.416 e. The molecular weight excluding hydrogens is 463 g/mol. The number of methoxy groups -OCH3 is 1. The van der Waals surface area contributed by atoms with E-state index in [4.69, 9.17) is 9.47 Å². The highest BCUT2D eigenvalue weighted by Crippen LogP contribution is 2.38. The molecule has 1 atom stereocenters. The third-order valence-corrected chi connectivity index (χ3v) is 5.79. The number of carbonyl (C=O) groups excluding carboxylic acids is 1. The van der Waals surface area contributed by atoms with Crippen LogP contribution in [0, 0.1) is 10.1 Å². The Kier molecular flexibility index (Phi) is 5.93. The summed E-state index contributed by atoms with van der Waals surface area (Å²) in [4.78, 5) is 30.8. The van der Waals surface area contributed by atoms with Gasteiger partial charge in [0.1, 0.15) is 10.8 Å². The lowest BCUT2D eigenvalue weighted by atomic mass is 10.1. The summed E-state index contributed by atoms with van der Waals surface area (Å²) in [5.74, 6) is -0.0846. The summed E-state index contributed by atoms with van der Waals surface area (Å²) >= 11 is 1.39. The fourth-order valence-corrected chi connectivity index (χ4v) is 4.10. The first-order valence-corrected chi connectivity index (χ1v) is 10.4. The third kappa shape index (κ3) is 4.75. The fourth-order valence-electron chi connectivity index (χ4n) is 3.11. The number of halogens is 3. The van der Waals surface area contributed by atoms with Crippen LogP contribution in [-0.4, -0.2) is 39.8 Å². The predicted molar refractivity (Wildman–Crippen MR) is 115 cm³/mol. The number of esters is 1. The first kappa shape index (κ1) is 22.5. The van der Waals surface area contributed by atoms with Crippen molar-refractivity contribution >= 4 is 39.4 Å². The molecule has 8 nitrogen and oxygen atoms in total. The average Bonchev–Trinajstić information content (AvgIpc) is 3.28. The smallest absolute Gasteiger partial charge is 0.416 e. The Bertz CT molecular complexity index is 1300. The number of rotatable bonds is 5. The minimum absolute atomic E-state index is 0.193. The lowest BCUT2D eigenvalue weighted by Gasteiger charge is -2.10. The van der Waals surface area contributed by atoms with Crippen LogP contribution in [0.2, 0.25) is 0 Å². The number of aliphatic imine (C=N–C) groups is 1. The van der Waals surface area contributed by atoms with E-state index in [-0.39, 0.29) is 11.5 Å². The number of nitro groups is 1. The van der Waals surface area contributed by atoms with Gasteiger partial charge in [0, 0.05) is 17.2 Å². The predicted octanol–water partition coefficient (Wildman–Crippen LogP) is 4.99. The molecule has 0 fully saturated rings. The lowest BCUT2D eigenvalue weighted by Crippen LogP contribution is -2.19. The molecule has 0 amide bonds. The molecule has 170 valence electrons. The van der Waals surface area contributed by atoms with Crippen LogP contribution < -0.4 is 4.74 Å². The van der Waals surface area contributed by atoms with Crippen LogP contribution in [0.25, 0.3) is 10.9 Å². The summed E-state index contributed by atoms with van der Waals surface area (Å²) in [5.41, 5.74) is -0.786. The first-order chi connectivity index (χ1) is 15.7. The molecule has 1 aliphatic heterocycles. The quantitative estimate of drug-likeness (QED) is 0.290. The molecule has 0 radical (unpaired) electrons. The number of carbonyl (C=O) groups is 1. The summed E-state index contributed by atoms with van der Waals surface area (Å²) in [6.45, 7) is 0. The van der Waals surface area contributed by atoms with Crippen molar-refractivity contribution in [2.75, 3.05) is 12.9 Å². The van der Waals surface area contributed by atoms with Crippen molar-refractivity contribution in [3.63, 3.8) is 0 Å². The van der Waals surface area contributed by atoms with Gasteiger partial charge in [0.05, 0.1) is 28.8 Å². The molecule has 1 aromatic heterocycles. The molecule has 0 N–H and O–H groups in total. The van der Waals surface area contributed by atoms with Crippen LogP contribution >= 0.6 is 11.8 Å². The van der Waals surface area contributed by atoms with Crippen LogP contribution in [-0.2, 0) is 15.7 Å². The van der Waals surface area contributed by atoms with E-state index < -0.39 is 34.4 Å². The fraction of sp³-hybridized carbons (Fsp3) is 0.190. The Morgan fingerprint density at radius 3 is 2.67 bits per heavy atom. The number of ether oxygens (including phenoxy) is 2. The van der Waals surface area contributed by atoms with E-state index in [2.05, 4.69) is 9.98 Å². The van der Waals surface area contributed by atoms with Crippen molar-refractivity contribution in [1.29, 1.82) is 0 Å². The summed E-state index contributed by atoms with van der Waals surface area (Å²) in [5, 5.41) is 12.5. The van der Waals surface area contributed by atoms with E-state index in [1.807, 2.05) is 0 Å². The highest BCUT2D eigenvalue weighted by atomic mass is 32.2. The molecule has 33 heavy (non-hydrogen) atoms. The second-order valence-electron chi connectivity index (χ2n) is 6.87. The number of pyridine rings is 1. The van der Waals surface area contributed by atoms with Gasteiger partial charge in [0.25, 0.3) is 0 Å². The van der Waals surface area contributed by atoms with Gasteiger partial charge in [-0.2, -0.15) is 13.2 Å². The average molecular weight is 477 g/mol. The first-order valence-electron chi connectivity index (χ1n) is 9.39. The number of thioether (sulfide) groups is 1. The van der Waals surface area contributed by atoms with Crippen molar-refractivity contribution in [2.24, 2.45) is 4.99 Å². The summed E-state index contributed by atoms with van der Waals surface area (Å²) < 4.78 is 48.9. The molecule has 4 rings (SSSR count). The van der Waals surface area contributed by atoms with Crippen LogP contribution in [0.4, 0.5) is 18.9 Å². The van der Waals surface area contributed by atoms with Gasteiger partial charge in [-0.1, -0.05) is 6.07 Å². The van der Waals surface area contributed by atoms with Gasteiger partial charge >= 0.3 is 17.8 Å². The molecule has 0 aliphatic carbocycles. The van der Waals surface area contributed by atoms with E-state index in [0.717, 1.165) is 12.1 Å². The van der Waals surface area contributed by atoms with Gasteiger partial charge in [0.2, 0.25) is 5.75 Å². The molecule has 12 heteroatoms. The second-order valence-corrected chi connectivity index (χ2v) is 7.88. The van der Waals surface area contributed by atoms with Gasteiger partial charge in [-0.3, -0.25) is 15.1 Å². The van der Waals surface area contributed by atoms with Gasteiger partial charge in [-0.15, -0.1) is 11.8 Å². The highest BCUT2D eigenvalue weighted by Gasteiger charge is 2.33. The van der Waals surface area contributed by atoms with Gasteiger partial charge in [0.15, 0.2) is 6.04 Å². The van der Waals surface area contributed by atoms with Crippen LogP contribution in [0.1, 0.15) is 11.3 Å². The molecule has 3 aromatic rings. The maximum absolute atomic E-state index is 12.9. The topological polar surface area (TPSA) is 104 Å².